The molecule has 25 heavy (non-hydrogen) atoms. The molecule has 0 radical (unpaired) electrons. The molecule has 0 atom stereocenters. The van der Waals surface area contributed by atoms with Gasteiger partial charge in [0.25, 0.3) is 0 Å². The molecular weight excluding hydrogens is 314 g/mol. The van der Waals surface area contributed by atoms with Gasteiger partial charge in [-0.1, -0.05) is 48.1 Å². The second-order valence-corrected chi connectivity index (χ2v) is 5.40. The predicted octanol–water partition coefficient (Wildman–Crippen LogP) is 4.58. The minimum atomic E-state index is -0.389. The molecule has 0 saturated heterocycles. The summed E-state index contributed by atoms with van der Waals surface area (Å²) < 4.78 is 10.3. The number of allylic oxidation sites excluding steroid dienone is 6. The van der Waals surface area contributed by atoms with Gasteiger partial charge in [0.2, 0.25) is 0 Å². The summed E-state index contributed by atoms with van der Waals surface area (Å²) in [7, 11) is 1.53. The molecule has 0 aliphatic rings. The fourth-order valence-corrected chi connectivity index (χ4v) is 2.04. The second kappa shape index (κ2) is 9.23. The smallest absolute Gasteiger partial charge is 0.342 e. The van der Waals surface area contributed by atoms with Crippen molar-refractivity contribution in [1.29, 1.82) is 0 Å². The molecular formula is C21H21NO3. The van der Waals surface area contributed by atoms with Gasteiger partial charge in [-0.2, -0.15) is 0 Å². The molecule has 2 heterocycles. The first kappa shape index (κ1) is 18.2. The lowest BCUT2D eigenvalue weighted by Gasteiger charge is -2.02. The van der Waals surface area contributed by atoms with Crippen molar-refractivity contribution < 1.29 is 9.15 Å². The van der Waals surface area contributed by atoms with Crippen LogP contribution in [0.2, 0.25) is 0 Å². The minimum absolute atomic E-state index is 0.389. The molecule has 4 heteroatoms. The molecule has 0 N–H and O–H groups in total. The molecule has 2 aromatic rings. The van der Waals surface area contributed by atoms with E-state index in [-0.39, 0.29) is 5.63 Å². The number of hydrogen-bond donors (Lipinski definition) is 0. The van der Waals surface area contributed by atoms with E-state index in [1.807, 2.05) is 61.7 Å². The highest BCUT2D eigenvalue weighted by molar-refractivity contribution is 5.51. The Balaban J connectivity index is 1.99. The summed E-state index contributed by atoms with van der Waals surface area (Å²) in [6.45, 7) is 3.68. The molecule has 2 aromatic heterocycles. The van der Waals surface area contributed by atoms with Crippen LogP contribution in [0.4, 0.5) is 0 Å². The monoisotopic (exact) mass is 335 g/mol. The SMILES string of the molecule is COc1cc(C=CC=CC(C)=CC=Cc2cccnc2)oc(=O)c1C. The van der Waals surface area contributed by atoms with E-state index >= 15 is 0 Å². The Morgan fingerprint density at radius 3 is 2.80 bits per heavy atom. The van der Waals surface area contributed by atoms with Crippen molar-refractivity contribution in [2.75, 3.05) is 7.11 Å². The van der Waals surface area contributed by atoms with Crippen molar-refractivity contribution in [2.24, 2.45) is 0 Å². The first-order chi connectivity index (χ1) is 12.1. The molecule has 0 aromatic carbocycles. The van der Waals surface area contributed by atoms with Crippen LogP contribution in [0.1, 0.15) is 23.8 Å². The molecule has 0 aliphatic heterocycles. The number of methoxy groups -OCH3 is 1. The van der Waals surface area contributed by atoms with E-state index in [0.29, 0.717) is 17.1 Å². The van der Waals surface area contributed by atoms with Crippen LogP contribution < -0.4 is 10.4 Å². The number of pyridine rings is 1. The fraction of sp³-hybridized carbons (Fsp3) is 0.143. The number of hydrogen-bond acceptors (Lipinski definition) is 4. The van der Waals surface area contributed by atoms with Crippen LogP contribution in [0.15, 0.2) is 75.8 Å². The van der Waals surface area contributed by atoms with Gasteiger partial charge >= 0.3 is 5.63 Å². The van der Waals surface area contributed by atoms with Gasteiger partial charge in [-0.3, -0.25) is 4.98 Å². The Kier molecular flexibility index (Phi) is 6.72. The number of ether oxygens (including phenoxy) is 1. The largest absolute Gasteiger partial charge is 0.496 e. The van der Waals surface area contributed by atoms with Crippen LogP contribution in [-0.4, -0.2) is 12.1 Å². The van der Waals surface area contributed by atoms with E-state index in [1.165, 1.54) is 7.11 Å². The minimum Gasteiger partial charge on any atom is -0.496 e. The summed E-state index contributed by atoms with van der Waals surface area (Å²) in [4.78, 5) is 15.7. The van der Waals surface area contributed by atoms with E-state index in [1.54, 1.807) is 25.3 Å². The molecule has 0 fully saturated rings. The van der Waals surface area contributed by atoms with Gasteiger partial charge in [0.15, 0.2) is 0 Å². The zero-order chi connectivity index (χ0) is 18.1. The van der Waals surface area contributed by atoms with Crippen molar-refractivity contribution in [3.63, 3.8) is 0 Å². The van der Waals surface area contributed by atoms with E-state index in [4.69, 9.17) is 9.15 Å². The highest BCUT2D eigenvalue weighted by Gasteiger charge is 2.05. The Hall–Kier alpha value is -3.14. The third-order valence-corrected chi connectivity index (χ3v) is 3.44. The standard InChI is InChI=1S/C21H21NO3/c1-16(9-6-10-18-11-7-13-22-15-18)8-4-5-12-19-14-20(24-3)17(2)21(23)25-19/h4-15H,1-3H3. The van der Waals surface area contributed by atoms with E-state index in [9.17, 15) is 4.79 Å². The van der Waals surface area contributed by atoms with Crippen molar-refractivity contribution in [3.05, 3.63) is 93.9 Å². The normalized spacial score (nSPS) is 12.5. The molecule has 4 nitrogen and oxygen atoms in total. The van der Waals surface area contributed by atoms with E-state index in [2.05, 4.69) is 4.98 Å². The van der Waals surface area contributed by atoms with Gasteiger partial charge in [-0.15, -0.1) is 0 Å². The third kappa shape index (κ3) is 5.77. The number of aromatic nitrogens is 1. The van der Waals surface area contributed by atoms with Crippen LogP contribution in [0.25, 0.3) is 12.2 Å². The van der Waals surface area contributed by atoms with Crippen molar-refractivity contribution in [2.45, 2.75) is 13.8 Å². The Labute approximate surface area is 147 Å². The summed E-state index contributed by atoms with van der Waals surface area (Å²) in [6.07, 6.45) is 16.9. The average molecular weight is 335 g/mol. The Bertz CT molecular complexity index is 872. The summed E-state index contributed by atoms with van der Waals surface area (Å²) in [6, 6.07) is 5.59. The Morgan fingerprint density at radius 2 is 2.08 bits per heavy atom. The number of rotatable bonds is 6. The molecule has 0 aliphatic carbocycles. The first-order valence-electron chi connectivity index (χ1n) is 7.88. The highest BCUT2D eigenvalue weighted by Crippen LogP contribution is 2.16. The zero-order valence-corrected chi connectivity index (χ0v) is 14.6. The lowest BCUT2D eigenvalue weighted by Crippen LogP contribution is -2.05. The summed E-state index contributed by atoms with van der Waals surface area (Å²) in [5, 5.41) is 0. The Morgan fingerprint density at radius 1 is 1.24 bits per heavy atom. The van der Waals surface area contributed by atoms with Crippen LogP contribution in [0, 0.1) is 6.92 Å². The molecule has 0 spiro atoms. The lowest BCUT2D eigenvalue weighted by atomic mass is 10.2. The van der Waals surface area contributed by atoms with Gasteiger partial charge in [-0.25, -0.2) is 4.79 Å². The van der Waals surface area contributed by atoms with Gasteiger partial charge in [0.1, 0.15) is 11.5 Å². The van der Waals surface area contributed by atoms with Crippen LogP contribution in [-0.2, 0) is 0 Å². The molecule has 128 valence electrons. The number of nitrogens with zero attached hydrogens (tertiary/aromatic N) is 1. The molecule has 0 amide bonds. The molecule has 2 rings (SSSR count). The second-order valence-electron chi connectivity index (χ2n) is 5.40. The zero-order valence-electron chi connectivity index (χ0n) is 14.6. The average Bonchev–Trinajstić information content (AvgIpc) is 2.62. The van der Waals surface area contributed by atoms with Gasteiger partial charge < -0.3 is 9.15 Å². The maximum atomic E-state index is 11.7. The molecule has 0 bridgehead atoms. The molecule has 0 unspecified atom stereocenters. The maximum Gasteiger partial charge on any atom is 0.342 e. The fourth-order valence-electron chi connectivity index (χ4n) is 2.04. The third-order valence-electron chi connectivity index (χ3n) is 3.44. The van der Waals surface area contributed by atoms with Crippen molar-refractivity contribution >= 4 is 12.2 Å². The maximum absolute atomic E-state index is 11.7. The van der Waals surface area contributed by atoms with E-state index in [0.717, 1.165) is 11.1 Å². The summed E-state index contributed by atoms with van der Waals surface area (Å²) in [5.74, 6) is 0.978. The lowest BCUT2D eigenvalue weighted by molar-refractivity contribution is 0.395. The van der Waals surface area contributed by atoms with Gasteiger partial charge in [0.05, 0.1) is 12.7 Å². The quantitative estimate of drug-likeness (QED) is 0.725. The van der Waals surface area contributed by atoms with Crippen molar-refractivity contribution in [3.8, 4) is 5.75 Å². The van der Waals surface area contributed by atoms with E-state index < -0.39 is 0 Å². The van der Waals surface area contributed by atoms with Crippen LogP contribution in [0.5, 0.6) is 5.75 Å². The highest BCUT2D eigenvalue weighted by atomic mass is 16.5. The first-order valence-corrected chi connectivity index (χ1v) is 7.88. The van der Waals surface area contributed by atoms with Crippen LogP contribution >= 0.6 is 0 Å². The van der Waals surface area contributed by atoms with Gasteiger partial charge in [-0.05, 0) is 31.6 Å². The topological polar surface area (TPSA) is 52.3 Å². The van der Waals surface area contributed by atoms with Crippen LogP contribution in [0.3, 0.4) is 0 Å². The predicted molar refractivity (Wildman–Crippen MR) is 101 cm³/mol. The van der Waals surface area contributed by atoms with Crippen molar-refractivity contribution in [1.82, 2.24) is 4.98 Å². The van der Waals surface area contributed by atoms with Gasteiger partial charge in [0, 0.05) is 18.5 Å². The summed E-state index contributed by atoms with van der Waals surface area (Å²) >= 11 is 0. The summed E-state index contributed by atoms with van der Waals surface area (Å²) in [5.41, 5.74) is 2.22. The molecule has 0 saturated carbocycles.